The van der Waals surface area contributed by atoms with E-state index in [-0.39, 0.29) is 0 Å². The number of nitrogens with one attached hydrogen (secondary N) is 3. The number of amides is 3. The van der Waals surface area contributed by atoms with Gasteiger partial charge in [-0.2, -0.15) is 0 Å². The molecule has 0 radical (unpaired) electrons. The first-order valence-electron chi connectivity index (χ1n) is 5.99. The highest BCUT2D eigenvalue weighted by Gasteiger charge is 2.23. The summed E-state index contributed by atoms with van der Waals surface area (Å²) in [6.45, 7) is 5.51. The zero-order valence-corrected chi connectivity index (χ0v) is 10.9. The molecule has 0 aromatic heterocycles. The van der Waals surface area contributed by atoms with Gasteiger partial charge in [-0.1, -0.05) is 13.3 Å². The first-order chi connectivity index (χ1) is 8.42. The van der Waals surface area contributed by atoms with E-state index >= 15 is 0 Å². The van der Waals surface area contributed by atoms with E-state index < -0.39 is 30.0 Å². The van der Waals surface area contributed by atoms with E-state index in [1.54, 1.807) is 6.92 Å². The molecular weight excluding hydrogens is 238 g/mol. The summed E-state index contributed by atoms with van der Waals surface area (Å²) in [7, 11) is 0. The van der Waals surface area contributed by atoms with Crippen LogP contribution in [0.3, 0.4) is 0 Å². The van der Waals surface area contributed by atoms with Crippen LogP contribution in [0.25, 0.3) is 0 Å². The summed E-state index contributed by atoms with van der Waals surface area (Å²) < 4.78 is 0. The molecule has 0 bridgehead atoms. The standard InChI is InChI=1S/C11H21N3O4/c1-4-6-8(10(16)17)13-7(3)9(15)14-11(18)12-5-2/h7-8,13H,4-6H2,1-3H3,(H,16,17)(H2,12,14,15,18). The summed E-state index contributed by atoms with van der Waals surface area (Å²) in [5.41, 5.74) is 0. The van der Waals surface area contributed by atoms with Crippen molar-refractivity contribution in [1.29, 1.82) is 0 Å². The molecule has 0 aliphatic heterocycles. The number of carboxylic acids is 1. The van der Waals surface area contributed by atoms with E-state index in [0.29, 0.717) is 19.4 Å². The van der Waals surface area contributed by atoms with E-state index in [9.17, 15) is 14.4 Å². The van der Waals surface area contributed by atoms with Crippen LogP contribution in [0.15, 0.2) is 0 Å². The fourth-order valence-electron chi connectivity index (χ4n) is 1.37. The lowest BCUT2D eigenvalue weighted by atomic mass is 10.1. The van der Waals surface area contributed by atoms with Crippen LogP contribution in [0.5, 0.6) is 0 Å². The molecule has 0 rings (SSSR count). The number of carbonyl (C=O) groups excluding carboxylic acids is 2. The maximum atomic E-state index is 11.6. The van der Waals surface area contributed by atoms with Crippen LogP contribution in [0.2, 0.25) is 0 Å². The average Bonchev–Trinajstić information content (AvgIpc) is 2.28. The van der Waals surface area contributed by atoms with Gasteiger partial charge >= 0.3 is 12.0 Å². The van der Waals surface area contributed by atoms with Gasteiger partial charge in [-0.05, 0) is 20.3 Å². The van der Waals surface area contributed by atoms with Gasteiger partial charge in [0.15, 0.2) is 0 Å². The van der Waals surface area contributed by atoms with Crippen molar-refractivity contribution in [1.82, 2.24) is 16.0 Å². The second kappa shape index (κ2) is 8.46. The molecule has 0 saturated carbocycles. The van der Waals surface area contributed by atoms with Gasteiger partial charge in [0.1, 0.15) is 6.04 Å². The SMILES string of the molecule is CCCC(NC(C)C(=O)NC(=O)NCC)C(=O)O. The third-order valence-electron chi connectivity index (χ3n) is 2.29. The zero-order chi connectivity index (χ0) is 14.1. The Balaban J connectivity index is 4.28. The van der Waals surface area contributed by atoms with Crippen LogP contribution in [-0.2, 0) is 9.59 Å². The smallest absolute Gasteiger partial charge is 0.321 e. The van der Waals surface area contributed by atoms with Gasteiger partial charge in [0.2, 0.25) is 5.91 Å². The quantitative estimate of drug-likeness (QED) is 0.517. The lowest BCUT2D eigenvalue weighted by Gasteiger charge is -2.18. The Hall–Kier alpha value is -1.63. The Labute approximate surface area is 106 Å². The monoisotopic (exact) mass is 259 g/mol. The topological polar surface area (TPSA) is 108 Å². The van der Waals surface area contributed by atoms with Crippen molar-refractivity contribution in [3.8, 4) is 0 Å². The molecule has 0 heterocycles. The number of rotatable bonds is 7. The number of carbonyl (C=O) groups is 3. The Morgan fingerprint density at radius 3 is 2.28 bits per heavy atom. The Bertz CT molecular complexity index is 307. The molecule has 0 fully saturated rings. The van der Waals surface area contributed by atoms with E-state index in [4.69, 9.17) is 5.11 Å². The predicted octanol–water partition coefficient (Wildman–Crippen LogP) is 0.0635. The first-order valence-corrected chi connectivity index (χ1v) is 5.99. The zero-order valence-electron chi connectivity index (χ0n) is 10.9. The van der Waals surface area contributed by atoms with Crippen LogP contribution < -0.4 is 16.0 Å². The predicted molar refractivity (Wildman–Crippen MR) is 66.1 cm³/mol. The first kappa shape index (κ1) is 16.4. The van der Waals surface area contributed by atoms with Gasteiger partial charge in [-0.15, -0.1) is 0 Å². The highest BCUT2D eigenvalue weighted by molar-refractivity contribution is 5.97. The molecular formula is C11H21N3O4. The third-order valence-corrected chi connectivity index (χ3v) is 2.29. The largest absolute Gasteiger partial charge is 0.480 e. The molecule has 0 aliphatic rings. The van der Waals surface area contributed by atoms with Crippen molar-refractivity contribution in [2.75, 3.05) is 6.54 Å². The second-order valence-electron chi connectivity index (χ2n) is 3.92. The Morgan fingerprint density at radius 1 is 1.22 bits per heavy atom. The maximum Gasteiger partial charge on any atom is 0.321 e. The number of urea groups is 1. The molecule has 2 unspecified atom stereocenters. The Morgan fingerprint density at radius 2 is 1.83 bits per heavy atom. The molecule has 104 valence electrons. The summed E-state index contributed by atoms with van der Waals surface area (Å²) in [4.78, 5) is 33.6. The molecule has 0 saturated heterocycles. The molecule has 7 heteroatoms. The molecule has 0 spiro atoms. The maximum absolute atomic E-state index is 11.6. The van der Waals surface area contributed by atoms with Crippen molar-refractivity contribution >= 4 is 17.9 Å². The van der Waals surface area contributed by atoms with Gasteiger partial charge in [-0.3, -0.25) is 20.2 Å². The van der Waals surface area contributed by atoms with Gasteiger partial charge in [0.05, 0.1) is 6.04 Å². The fourth-order valence-corrected chi connectivity index (χ4v) is 1.37. The number of hydrogen-bond acceptors (Lipinski definition) is 4. The number of hydrogen-bond donors (Lipinski definition) is 4. The van der Waals surface area contributed by atoms with Crippen LogP contribution in [0.4, 0.5) is 4.79 Å². The van der Waals surface area contributed by atoms with E-state index in [1.165, 1.54) is 6.92 Å². The van der Waals surface area contributed by atoms with Crippen molar-refractivity contribution < 1.29 is 19.5 Å². The molecule has 0 aromatic rings. The fraction of sp³-hybridized carbons (Fsp3) is 0.727. The number of aliphatic carboxylic acids is 1. The van der Waals surface area contributed by atoms with Gasteiger partial charge in [0.25, 0.3) is 0 Å². The molecule has 4 N–H and O–H groups in total. The lowest BCUT2D eigenvalue weighted by Crippen LogP contribution is -2.52. The normalized spacial score (nSPS) is 13.5. The molecule has 18 heavy (non-hydrogen) atoms. The van der Waals surface area contributed by atoms with Crippen LogP contribution in [0.1, 0.15) is 33.6 Å². The van der Waals surface area contributed by atoms with Crippen LogP contribution in [-0.4, -0.2) is 41.6 Å². The highest BCUT2D eigenvalue weighted by Crippen LogP contribution is 1.98. The molecule has 0 aliphatic carbocycles. The van der Waals surface area contributed by atoms with E-state index in [2.05, 4.69) is 16.0 Å². The molecule has 3 amide bonds. The van der Waals surface area contributed by atoms with E-state index in [1.807, 2.05) is 6.92 Å². The Kier molecular flexibility index (Phi) is 7.69. The minimum atomic E-state index is -1.01. The van der Waals surface area contributed by atoms with Crippen LogP contribution >= 0.6 is 0 Å². The van der Waals surface area contributed by atoms with Gasteiger partial charge in [-0.25, -0.2) is 4.79 Å². The van der Waals surface area contributed by atoms with Crippen LogP contribution in [0, 0.1) is 0 Å². The minimum Gasteiger partial charge on any atom is -0.480 e. The molecule has 7 nitrogen and oxygen atoms in total. The molecule has 0 aromatic carbocycles. The summed E-state index contributed by atoms with van der Waals surface area (Å²) >= 11 is 0. The third kappa shape index (κ3) is 6.19. The summed E-state index contributed by atoms with van der Waals surface area (Å²) in [5.74, 6) is -1.56. The number of imide groups is 1. The van der Waals surface area contributed by atoms with Crippen molar-refractivity contribution in [2.24, 2.45) is 0 Å². The molecule has 2 atom stereocenters. The second-order valence-corrected chi connectivity index (χ2v) is 3.92. The average molecular weight is 259 g/mol. The van der Waals surface area contributed by atoms with Crippen molar-refractivity contribution in [2.45, 2.75) is 45.7 Å². The lowest BCUT2D eigenvalue weighted by molar-refractivity contribution is -0.140. The summed E-state index contributed by atoms with van der Waals surface area (Å²) in [6.07, 6.45) is 1.11. The van der Waals surface area contributed by atoms with Gasteiger partial charge in [0, 0.05) is 6.54 Å². The summed E-state index contributed by atoms with van der Waals surface area (Å²) in [5, 5.41) is 16.1. The van der Waals surface area contributed by atoms with Gasteiger partial charge < -0.3 is 10.4 Å². The number of carboxylic acid groups (broad SMARTS) is 1. The minimum absolute atomic E-state index is 0.411. The highest BCUT2D eigenvalue weighted by atomic mass is 16.4. The summed E-state index contributed by atoms with van der Waals surface area (Å²) in [6, 6.07) is -2.12. The van der Waals surface area contributed by atoms with E-state index in [0.717, 1.165) is 0 Å². The van der Waals surface area contributed by atoms with Crippen molar-refractivity contribution in [3.63, 3.8) is 0 Å². The van der Waals surface area contributed by atoms with Crippen molar-refractivity contribution in [3.05, 3.63) is 0 Å².